The summed E-state index contributed by atoms with van der Waals surface area (Å²) in [6, 6.07) is 12.7. The van der Waals surface area contributed by atoms with Crippen molar-refractivity contribution in [2.24, 2.45) is 16.6 Å². The molecular weight excluding hydrogens is 1410 g/mol. The minimum atomic E-state index is -0.860. The Kier molecular flexibility index (Phi) is 45.3. The quantitative estimate of drug-likeness (QED) is 0.0186. The molecule has 6 rings (SSSR count). The highest BCUT2D eigenvalue weighted by Crippen LogP contribution is 2.31. The molecule has 0 unspecified atom stereocenters. The average molecular weight is 1530 g/mol. The zero-order valence-electron chi connectivity index (χ0n) is 62.9. The van der Waals surface area contributed by atoms with Gasteiger partial charge in [-0.25, -0.2) is 9.97 Å². The van der Waals surface area contributed by atoms with Crippen LogP contribution < -0.4 is 21.7 Å². The number of likely N-dealkylation sites (tertiary alicyclic amines) is 2. The average Bonchev–Trinajstić information content (AvgIpc) is 1.66. The van der Waals surface area contributed by atoms with Crippen LogP contribution in [0.25, 0.3) is 20.9 Å². The van der Waals surface area contributed by atoms with Gasteiger partial charge in [0.1, 0.15) is 18.1 Å². The molecule has 106 heavy (non-hydrogen) atoms. The first-order valence-corrected chi connectivity index (χ1v) is 38.5. The maximum absolute atomic E-state index is 13.8. The van der Waals surface area contributed by atoms with E-state index < -0.39 is 65.1 Å². The number of benzene rings is 2. The van der Waals surface area contributed by atoms with Gasteiger partial charge in [-0.05, 0) is 98.3 Å². The van der Waals surface area contributed by atoms with Gasteiger partial charge in [0.15, 0.2) is 0 Å². The van der Waals surface area contributed by atoms with Crippen LogP contribution >= 0.6 is 22.7 Å². The third kappa shape index (κ3) is 37.3. The zero-order valence-corrected chi connectivity index (χ0v) is 64.5. The molecule has 0 aliphatic carbocycles. The normalized spacial score (nSPS) is 16.2. The molecule has 596 valence electrons. The largest absolute Gasteiger partial charge is 0.481 e. The molecule has 4 heterocycles. The van der Waals surface area contributed by atoms with E-state index in [0.717, 1.165) is 94.8 Å². The van der Waals surface area contributed by atoms with Crippen LogP contribution in [0.4, 0.5) is 0 Å². The second-order valence-corrected chi connectivity index (χ2v) is 30.2. The van der Waals surface area contributed by atoms with E-state index in [9.17, 15) is 48.6 Å². The Balaban J connectivity index is 0.000000455. The molecule has 0 bridgehead atoms. The Morgan fingerprint density at radius 3 is 1.10 bits per heavy atom. The van der Waals surface area contributed by atoms with Crippen LogP contribution in [0.3, 0.4) is 0 Å². The number of aliphatic carboxylic acids is 3. The molecule has 10 N–H and O–H groups in total. The maximum Gasteiger partial charge on any atom is 0.303 e. The van der Waals surface area contributed by atoms with E-state index in [-0.39, 0.29) is 95.1 Å². The number of unbranched alkanes of at least 4 members (excludes halogenated alkanes) is 8. The van der Waals surface area contributed by atoms with E-state index in [1.807, 2.05) is 115 Å². The summed E-state index contributed by atoms with van der Waals surface area (Å²) in [5.41, 5.74) is 14.7. The monoisotopic (exact) mass is 1530 g/mol. The summed E-state index contributed by atoms with van der Waals surface area (Å²) in [4.78, 5) is 110. The van der Waals surface area contributed by atoms with Crippen molar-refractivity contribution in [1.82, 2.24) is 35.7 Å². The molecule has 29 heteroatoms. The minimum Gasteiger partial charge on any atom is -0.481 e. The fourth-order valence-electron chi connectivity index (χ4n) is 11.3. The number of carboxylic acids is 3. The van der Waals surface area contributed by atoms with Crippen LogP contribution in [0.1, 0.15) is 187 Å². The van der Waals surface area contributed by atoms with Gasteiger partial charge in [0, 0.05) is 91.1 Å². The van der Waals surface area contributed by atoms with E-state index >= 15 is 0 Å². The third-order valence-corrected chi connectivity index (χ3v) is 19.4. The summed E-state index contributed by atoms with van der Waals surface area (Å²) in [6.07, 6.45) is 9.14. The number of aryl methyl sites for hydroxylation is 2. The second-order valence-electron chi connectivity index (χ2n) is 28.5. The number of aromatic nitrogens is 2. The first kappa shape index (κ1) is 93.3. The fourth-order valence-corrected chi connectivity index (χ4v) is 12.9. The van der Waals surface area contributed by atoms with Gasteiger partial charge in [-0.1, -0.05) is 123 Å². The first-order chi connectivity index (χ1) is 50.1. The summed E-state index contributed by atoms with van der Waals surface area (Å²) >= 11 is 3.18. The summed E-state index contributed by atoms with van der Waals surface area (Å²) in [6.45, 7) is 22.4. The van der Waals surface area contributed by atoms with Crippen molar-refractivity contribution in [2.45, 2.75) is 228 Å². The highest BCUT2D eigenvalue weighted by atomic mass is 32.1. The van der Waals surface area contributed by atoms with Gasteiger partial charge in [-0.2, -0.15) is 0 Å². The molecule has 0 spiro atoms. The number of hydrogen-bond donors (Lipinski definition) is 9. The van der Waals surface area contributed by atoms with Crippen molar-refractivity contribution >= 4 is 70.1 Å². The number of aliphatic hydroxyl groups excluding tert-OH is 2. The Bertz CT molecular complexity index is 3170. The van der Waals surface area contributed by atoms with E-state index in [4.69, 9.17) is 49.5 Å². The van der Waals surface area contributed by atoms with Crippen LogP contribution in [0.2, 0.25) is 0 Å². The summed E-state index contributed by atoms with van der Waals surface area (Å²) in [5, 5.41) is 54.8. The first-order valence-electron chi connectivity index (χ1n) is 36.7. The Hall–Kier alpha value is -6.90. The van der Waals surface area contributed by atoms with Gasteiger partial charge in [0.25, 0.3) is 0 Å². The van der Waals surface area contributed by atoms with Crippen LogP contribution in [0.5, 0.6) is 0 Å². The molecule has 27 nitrogen and oxygen atoms in total. The van der Waals surface area contributed by atoms with Crippen LogP contribution in [-0.2, 0) is 79.9 Å². The number of nitrogens with two attached hydrogens (primary N) is 1. The number of amides is 5. The molecule has 5 amide bonds. The predicted octanol–water partition coefficient (Wildman–Crippen LogP) is 9.51. The number of carbonyl (C=O) groups excluding carboxylic acids is 5. The topological polar surface area (TPSA) is 387 Å². The van der Waals surface area contributed by atoms with Crippen molar-refractivity contribution in [1.29, 1.82) is 0 Å². The second kappa shape index (κ2) is 51.4. The maximum atomic E-state index is 13.8. The lowest BCUT2D eigenvalue weighted by atomic mass is 9.85. The van der Waals surface area contributed by atoms with Crippen molar-refractivity contribution in [3.63, 3.8) is 0 Å². The number of nitrogens with zero attached hydrogens (tertiary/aromatic N) is 4. The van der Waals surface area contributed by atoms with E-state index in [2.05, 4.69) is 25.9 Å². The predicted molar refractivity (Wildman–Crippen MR) is 408 cm³/mol. The Labute approximate surface area is 634 Å². The highest BCUT2D eigenvalue weighted by molar-refractivity contribution is 7.13. The molecule has 2 fully saturated rings. The Morgan fingerprint density at radius 1 is 0.481 bits per heavy atom. The summed E-state index contributed by atoms with van der Waals surface area (Å²) in [7, 11) is 0. The van der Waals surface area contributed by atoms with Crippen molar-refractivity contribution in [3.8, 4) is 20.9 Å². The van der Waals surface area contributed by atoms with Gasteiger partial charge in [-0.15, -0.1) is 22.7 Å². The number of carbonyl (C=O) groups is 8. The number of β-amino-alcohol motifs (C(OH)–C–C–N with tert-alkyl or cyclic N) is 2. The number of ether oxygens (including phenoxy) is 6. The standard InChI is InChI=1S/C38H58N4O9S.C22H30N4O3S.C16H30O7.CH4/c1-27-34(52-26-40-27)29-15-13-28(14-16-29)24-39-36(47)31-23-30(43)25-42(31)37(48)35(38(2,3)4)41-32(44)11-7-5-9-17-49-19-21-51-22-20-50-18-10-6-8-12-33(45)46;1-13-18(30-12-25-13)15-7-5-14(6-8-15)10-24-20(28)17-9-16(27)11-26(17)21(29)19(23)22(2,3)4;17-15(18)7-3-1-5-9-21-11-13-23-14-12-22-10-6-2-4-8-16(19)20;/h13-16,26,30-31,35,43H,5-12,17-25H2,1-4H3,(H,39,47)(H,41,44)(H,45,46);5-8,12,16-17,19,27H,9-11,23H2,1-4H3,(H,24,28);1-14H2,(H,17,18)(H,19,20);1H4/t30-,31+,35-;16-,17+,19-;;/m11../s1. The lowest BCUT2D eigenvalue weighted by Gasteiger charge is -2.35. The molecular formula is C77H122N8O19S2. The van der Waals surface area contributed by atoms with Gasteiger partial charge in [0.05, 0.1) is 103 Å². The molecule has 2 aliphatic heterocycles. The molecule has 2 saturated heterocycles. The lowest BCUT2D eigenvalue weighted by Crippen LogP contribution is -2.57. The SMILES string of the molecule is C.Cc1ncsc1-c1ccc(CNC(=O)[C@@H]2C[C@@H](O)CN2C(=O)[C@@H](N)C(C)(C)C)cc1.Cc1ncsc1-c1ccc(CNC(=O)[C@@H]2C[C@@H](O)CN2C(=O)[C@@H](NC(=O)CCCCCOCCOCCOCCCCCC(=O)O)C(C)(C)C)cc1.O=C(O)CCCCCOCCOCCOCCCCCC(=O)O. The van der Waals surface area contributed by atoms with Gasteiger partial charge >= 0.3 is 17.9 Å². The molecule has 4 aromatic rings. The number of nitrogens with one attached hydrogen (secondary N) is 3. The Morgan fingerprint density at radius 2 is 0.802 bits per heavy atom. The number of thiazole rings is 2. The molecule has 2 aliphatic rings. The van der Waals surface area contributed by atoms with Gasteiger partial charge in [0.2, 0.25) is 29.5 Å². The van der Waals surface area contributed by atoms with Gasteiger partial charge < -0.3 is 85.4 Å². The third-order valence-electron chi connectivity index (χ3n) is 17.4. The molecule has 6 atom stereocenters. The fraction of sp³-hybridized carbons (Fsp3) is 0.662. The highest BCUT2D eigenvalue weighted by Gasteiger charge is 2.45. The van der Waals surface area contributed by atoms with Crippen LogP contribution in [-0.4, -0.2) is 221 Å². The number of aliphatic hydroxyl groups is 2. The summed E-state index contributed by atoms with van der Waals surface area (Å²) in [5.74, 6) is -3.79. The van der Waals surface area contributed by atoms with Gasteiger partial charge in [-0.3, -0.25) is 38.4 Å². The molecule has 0 saturated carbocycles. The number of hydrogen-bond acceptors (Lipinski definition) is 21. The number of rotatable bonds is 47. The lowest BCUT2D eigenvalue weighted by molar-refractivity contribution is -0.144. The van der Waals surface area contributed by atoms with Crippen molar-refractivity contribution in [3.05, 3.63) is 82.1 Å². The molecule has 2 aromatic heterocycles. The van der Waals surface area contributed by atoms with Crippen LogP contribution in [0, 0.1) is 24.7 Å². The van der Waals surface area contributed by atoms with Crippen molar-refractivity contribution < 1.29 is 92.3 Å². The van der Waals surface area contributed by atoms with E-state index in [1.165, 1.54) is 9.80 Å². The van der Waals surface area contributed by atoms with E-state index in [1.54, 1.807) is 22.7 Å². The van der Waals surface area contributed by atoms with Crippen LogP contribution in [0.15, 0.2) is 59.6 Å². The minimum absolute atomic E-state index is 0. The smallest absolute Gasteiger partial charge is 0.303 e. The number of carboxylic acid groups (broad SMARTS) is 3. The summed E-state index contributed by atoms with van der Waals surface area (Å²) < 4.78 is 32.7. The zero-order chi connectivity index (χ0) is 77.2. The molecule has 0 radical (unpaired) electrons. The van der Waals surface area contributed by atoms with Crippen molar-refractivity contribution in [2.75, 3.05) is 92.4 Å². The molecule has 2 aromatic carbocycles. The van der Waals surface area contributed by atoms with E-state index in [0.29, 0.717) is 112 Å².